The van der Waals surface area contributed by atoms with Crippen molar-refractivity contribution in [3.8, 4) is 0 Å². The number of benzene rings is 1. The Balaban J connectivity index is 1.93. The van der Waals surface area contributed by atoms with Gasteiger partial charge in [0.2, 0.25) is 17.7 Å². The fourth-order valence-electron chi connectivity index (χ4n) is 3.06. The molecule has 0 radical (unpaired) electrons. The number of carboxylic acid groups (broad SMARTS) is 1. The third-order valence-electron chi connectivity index (χ3n) is 4.87. The van der Waals surface area contributed by atoms with E-state index in [4.69, 9.17) is 10.8 Å². The molecule has 1 heterocycles. The van der Waals surface area contributed by atoms with Gasteiger partial charge in [-0.25, -0.2) is 0 Å². The highest BCUT2D eigenvalue weighted by atomic mass is 16.4. The summed E-state index contributed by atoms with van der Waals surface area (Å²) >= 11 is 0. The Kier molecular flexibility index (Phi) is 8.14. The van der Waals surface area contributed by atoms with Crippen molar-refractivity contribution in [2.24, 2.45) is 11.7 Å². The maximum atomic E-state index is 12.6. The Morgan fingerprint density at radius 1 is 1.06 bits per heavy atom. The molecule has 0 aliphatic heterocycles. The molecule has 0 saturated carbocycles. The van der Waals surface area contributed by atoms with Crippen molar-refractivity contribution in [2.75, 3.05) is 6.54 Å². The standard InChI is InChI=1S/C21H29N5O5/c1-11(2)18(20(29)24-10-17(27)25-12(3)21(30)31)26-19(28)15(22)8-13-9-23-16-7-5-4-6-14(13)16/h4-7,9,11-12,15,18,23H,8,10,22H2,1-3H3,(H,24,29)(H,25,27)(H,26,28)(H,30,31). The van der Waals surface area contributed by atoms with Crippen LogP contribution in [0.15, 0.2) is 30.5 Å². The van der Waals surface area contributed by atoms with Gasteiger partial charge in [0.15, 0.2) is 0 Å². The number of fused-ring (bicyclic) bond motifs is 1. The fourth-order valence-corrected chi connectivity index (χ4v) is 3.06. The molecule has 10 nitrogen and oxygen atoms in total. The van der Waals surface area contributed by atoms with E-state index in [-0.39, 0.29) is 12.3 Å². The highest BCUT2D eigenvalue weighted by molar-refractivity contribution is 5.93. The van der Waals surface area contributed by atoms with Crippen LogP contribution in [0.25, 0.3) is 10.9 Å². The quantitative estimate of drug-likeness (QED) is 0.307. The number of amides is 3. The highest BCUT2D eigenvalue weighted by Crippen LogP contribution is 2.18. The van der Waals surface area contributed by atoms with Crippen molar-refractivity contribution in [3.63, 3.8) is 0 Å². The predicted octanol–water partition coefficient (Wildman–Crippen LogP) is -0.116. The van der Waals surface area contributed by atoms with Gasteiger partial charge in [-0.15, -0.1) is 0 Å². The van der Waals surface area contributed by atoms with E-state index in [1.165, 1.54) is 6.92 Å². The largest absolute Gasteiger partial charge is 0.480 e. The second-order valence-electron chi connectivity index (χ2n) is 7.75. The number of hydrogen-bond acceptors (Lipinski definition) is 5. The molecule has 168 valence electrons. The van der Waals surface area contributed by atoms with Crippen LogP contribution in [0.2, 0.25) is 0 Å². The van der Waals surface area contributed by atoms with Gasteiger partial charge in [-0.3, -0.25) is 19.2 Å². The first-order chi connectivity index (χ1) is 14.6. The number of hydrogen-bond donors (Lipinski definition) is 6. The van der Waals surface area contributed by atoms with Crippen LogP contribution in [0.1, 0.15) is 26.3 Å². The Hall–Kier alpha value is -3.40. The fraction of sp³-hybridized carbons (Fsp3) is 0.429. The van der Waals surface area contributed by atoms with Gasteiger partial charge in [-0.1, -0.05) is 32.0 Å². The zero-order valence-electron chi connectivity index (χ0n) is 17.8. The first-order valence-corrected chi connectivity index (χ1v) is 10.0. The van der Waals surface area contributed by atoms with Gasteiger partial charge in [0.25, 0.3) is 0 Å². The summed E-state index contributed by atoms with van der Waals surface area (Å²) in [6.07, 6.45) is 2.10. The minimum absolute atomic E-state index is 0.259. The molecule has 1 aromatic carbocycles. The molecule has 0 saturated heterocycles. The molecule has 0 aliphatic carbocycles. The van der Waals surface area contributed by atoms with Gasteiger partial charge >= 0.3 is 5.97 Å². The van der Waals surface area contributed by atoms with Crippen LogP contribution in [0.4, 0.5) is 0 Å². The first-order valence-electron chi connectivity index (χ1n) is 10.0. The van der Waals surface area contributed by atoms with Gasteiger partial charge in [0.05, 0.1) is 12.6 Å². The van der Waals surface area contributed by atoms with Gasteiger partial charge in [-0.2, -0.15) is 0 Å². The van der Waals surface area contributed by atoms with E-state index in [0.717, 1.165) is 16.5 Å². The van der Waals surface area contributed by atoms with E-state index >= 15 is 0 Å². The molecule has 1 aromatic heterocycles. The van der Waals surface area contributed by atoms with Crippen LogP contribution in [0.5, 0.6) is 0 Å². The number of carboxylic acids is 1. The van der Waals surface area contributed by atoms with Gasteiger partial charge in [0, 0.05) is 17.1 Å². The van der Waals surface area contributed by atoms with Crippen LogP contribution < -0.4 is 21.7 Å². The maximum absolute atomic E-state index is 12.6. The van der Waals surface area contributed by atoms with Crippen molar-refractivity contribution in [3.05, 3.63) is 36.0 Å². The zero-order chi connectivity index (χ0) is 23.1. The number of aromatic amines is 1. The van der Waals surface area contributed by atoms with Crippen molar-refractivity contribution >= 4 is 34.6 Å². The molecule has 3 amide bonds. The SMILES string of the molecule is CC(NC(=O)CNC(=O)C(NC(=O)C(N)Cc1c[nH]c2ccccc12)C(C)C)C(=O)O. The summed E-state index contributed by atoms with van der Waals surface area (Å²) in [4.78, 5) is 50.8. The molecular weight excluding hydrogens is 402 g/mol. The number of carbonyl (C=O) groups excluding carboxylic acids is 3. The summed E-state index contributed by atoms with van der Waals surface area (Å²) in [7, 11) is 0. The Bertz CT molecular complexity index is 955. The maximum Gasteiger partial charge on any atom is 0.325 e. The third kappa shape index (κ3) is 6.54. The van der Waals surface area contributed by atoms with Crippen LogP contribution in [0, 0.1) is 5.92 Å². The lowest BCUT2D eigenvalue weighted by Gasteiger charge is -2.23. The first kappa shape index (κ1) is 23.9. The van der Waals surface area contributed by atoms with Crippen molar-refractivity contribution in [1.82, 2.24) is 20.9 Å². The average molecular weight is 431 g/mol. The molecule has 3 unspecified atom stereocenters. The number of carbonyl (C=O) groups is 4. The van der Waals surface area contributed by atoms with Crippen LogP contribution in [-0.4, -0.2) is 58.5 Å². The number of H-pyrrole nitrogens is 1. The van der Waals surface area contributed by atoms with E-state index in [0.29, 0.717) is 0 Å². The van der Waals surface area contributed by atoms with Crippen molar-refractivity contribution in [2.45, 2.75) is 45.3 Å². The summed E-state index contributed by atoms with van der Waals surface area (Å²) in [6.45, 7) is 4.41. The van der Waals surface area contributed by atoms with E-state index in [9.17, 15) is 19.2 Å². The van der Waals surface area contributed by atoms with Crippen LogP contribution in [-0.2, 0) is 25.6 Å². The Labute approximate surface area is 179 Å². The molecule has 0 aliphatic rings. The predicted molar refractivity (Wildman–Crippen MR) is 115 cm³/mol. The number of aliphatic carboxylic acids is 1. The third-order valence-corrected chi connectivity index (χ3v) is 4.87. The molecule has 2 rings (SSSR count). The monoisotopic (exact) mass is 431 g/mol. The lowest BCUT2D eigenvalue weighted by atomic mass is 10.0. The van der Waals surface area contributed by atoms with Gasteiger partial charge in [0.1, 0.15) is 12.1 Å². The van der Waals surface area contributed by atoms with Crippen molar-refractivity contribution < 1.29 is 24.3 Å². The van der Waals surface area contributed by atoms with Crippen LogP contribution >= 0.6 is 0 Å². The zero-order valence-corrected chi connectivity index (χ0v) is 17.8. The number of aromatic nitrogens is 1. The molecule has 10 heteroatoms. The molecule has 0 bridgehead atoms. The van der Waals surface area contributed by atoms with E-state index in [1.807, 2.05) is 24.3 Å². The van der Waals surface area contributed by atoms with Gasteiger partial charge < -0.3 is 31.8 Å². The summed E-state index contributed by atoms with van der Waals surface area (Å²) in [5.41, 5.74) is 7.92. The van der Waals surface area contributed by atoms with E-state index in [2.05, 4.69) is 20.9 Å². The second kappa shape index (κ2) is 10.6. The molecule has 0 fully saturated rings. The molecule has 3 atom stereocenters. The molecular formula is C21H29N5O5. The summed E-state index contributed by atoms with van der Waals surface area (Å²) in [5, 5.41) is 17.1. The Morgan fingerprint density at radius 2 is 1.74 bits per heavy atom. The summed E-state index contributed by atoms with van der Waals surface area (Å²) in [6, 6.07) is 4.83. The molecule has 2 aromatic rings. The van der Waals surface area contributed by atoms with Gasteiger partial charge in [-0.05, 0) is 30.9 Å². The highest BCUT2D eigenvalue weighted by Gasteiger charge is 2.27. The van der Waals surface area contributed by atoms with Crippen molar-refractivity contribution in [1.29, 1.82) is 0 Å². The average Bonchev–Trinajstić information content (AvgIpc) is 3.12. The normalized spacial score (nSPS) is 14.0. The lowest BCUT2D eigenvalue weighted by molar-refractivity contribution is -0.141. The lowest BCUT2D eigenvalue weighted by Crippen LogP contribution is -2.55. The van der Waals surface area contributed by atoms with E-state index in [1.54, 1.807) is 20.0 Å². The smallest absolute Gasteiger partial charge is 0.325 e. The minimum atomic E-state index is -1.18. The Morgan fingerprint density at radius 3 is 2.39 bits per heavy atom. The number of nitrogens with two attached hydrogens (primary N) is 1. The second-order valence-corrected chi connectivity index (χ2v) is 7.75. The summed E-state index contributed by atoms with van der Waals surface area (Å²) < 4.78 is 0. The molecule has 0 spiro atoms. The minimum Gasteiger partial charge on any atom is -0.480 e. The number of nitrogens with one attached hydrogen (secondary N) is 4. The number of para-hydroxylation sites is 1. The van der Waals surface area contributed by atoms with Crippen LogP contribution in [0.3, 0.4) is 0 Å². The topological polar surface area (TPSA) is 166 Å². The van der Waals surface area contributed by atoms with E-state index < -0.39 is 48.4 Å². The molecule has 31 heavy (non-hydrogen) atoms. The summed E-state index contributed by atoms with van der Waals surface area (Å²) in [5.74, 6) is -3.13. The molecule has 7 N–H and O–H groups in total. The number of rotatable bonds is 10.